The molecular weight excluding hydrogens is 294 g/mol. The van der Waals surface area contributed by atoms with Gasteiger partial charge in [-0.15, -0.1) is 0 Å². The zero-order valence-corrected chi connectivity index (χ0v) is 13.8. The number of hydrogen-bond acceptors (Lipinski definition) is 5. The summed E-state index contributed by atoms with van der Waals surface area (Å²) in [7, 11) is 0. The van der Waals surface area contributed by atoms with E-state index in [2.05, 4.69) is 15.1 Å². The summed E-state index contributed by atoms with van der Waals surface area (Å²) in [5, 5.41) is 13.9. The highest BCUT2D eigenvalue weighted by atomic mass is 16.3. The molecule has 1 aliphatic rings. The predicted molar refractivity (Wildman–Crippen MR) is 84.6 cm³/mol. The normalized spacial score (nSPS) is 15.1. The summed E-state index contributed by atoms with van der Waals surface area (Å²) in [6.45, 7) is 8.55. The standard InChI is InChI=1S/C16H21N5O2/c1-9(2)14-13(15(23)20-6-12(22)7-20)8-21(19-14)16-17-10(3)5-11(4)18-16/h5,8-9,12,22H,6-7H2,1-4H3. The van der Waals surface area contributed by atoms with Gasteiger partial charge in [-0.1, -0.05) is 13.8 Å². The number of hydrogen-bond donors (Lipinski definition) is 1. The number of aryl methyl sites for hydroxylation is 2. The summed E-state index contributed by atoms with van der Waals surface area (Å²) in [6, 6.07) is 1.89. The van der Waals surface area contributed by atoms with E-state index >= 15 is 0 Å². The van der Waals surface area contributed by atoms with E-state index in [9.17, 15) is 9.90 Å². The molecule has 1 aliphatic heterocycles. The topological polar surface area (TPSA) is 84.1 Å². The molecule has 1 fully saturated rings. The summed E-state index contributed by atoms with van der Waals surface area (Å²) >= 11 is 0. The number of rotatable bonds is 3. The van der Waals surface area contributed by atoms with Gasteiger partial charge in [-0.3, -0.25) is 4.79 Å². The monoisotopic (exact) mass is 315 g/mol. The molecule has 0 spiro atoms. The number of likely N-dealkylation sites (tertiary alicyclic amines) is 1. The number of nitrogens with zero attached hydrogens (tertiary/aromatic N) is 5. The highest BCUT2D eigenvalue weighted by molar-refractivity contribution is 5.96. The Hall–Kier alpha value is -2.28. The highest BCUT2D eigenvalue weighted by Crippen LogP contribution is 2.22. The number of β-amino-alcohol motifs (C(OH)–C–C–N with tert-alkyl or cyclic N) is 1. The van der Waals surface area contributed by atoms with Gasteiger partial charge in [0.25, 0.3) is 11.9 Å². The molecule has 23 heavy (non-hydrogen) atoms. The Morgan fingerprint density at radius 3 is 2.39 bits per heavy atom. The number of aliphatic hydroxyl groups excluding tert-OH is 1. The van der Waals surface area contributed by atoms with E-state index in [0.717, 1.165) is 17.1 Å². The maximum atomic E-state index is 12.6. The molecule has 0 radical (unpaired) electrons. The number of amides is 1. The Balaban J connectivity index is 2.00. The van der Waals surface area contributed by atoms with Crippen LogP contribution in [-0.2, 0) is 0 Å². The molecule has 7 heteroatoms. The molecule has 1 saturated heterocycles. The van der Waals surface area contributed by atoms with Crippen molar-refractivity contribution in [2.24, 2.45) is 0 Å². The van der Waals surface area contributed by atoms with Gasteiger partial charge in [0.15, 0.2) is 0 Å². The first-order valence-corrected chi connectivity index (χ1v) is 7.74. The molecule has 122 valence electrons. The summed E-state index contributed by atoms with van der Waals surface area (Å²) < 4.78 is 1.57. The first-order valence-electron chi connectivity index (χ1n) is 7.74. The van der Waals surface area contributed by atoms with E-state index < -0.39 is 6.10 Å². The van der Waals surface area contributed by atoms with Crippen molar-refractivity contribution in [3.05, 3.63) is 34.9 Å². The second-order valence-electron chi connectivity index (χ2n) is 6.34. The molecule has 2 aromatic heterocycles. The van der Waals surface area contributed by atoms with Crippen molar-refractivity contribution in [3.8, 4) is 5.95 Å². The van der Waals surface area contributed by atoms with Crippen molar-refractivity contribution in [2.75, 3.05) is 13.1 Å². The van der Waals surface area contributed by atoms with Crippen molar-refractivity contribution in [1.82, 2.24) is 24.6 Å². The molecule has 0 aliphatic carbocycles. The molecule has 3 rings (SSSR count). The van der Waals surface area contributed by atoms with Crippen LogP contribution in [0.2, 0.25) is 0 Å². The fourth-order valence-corrected chi connectivity index (χ4v) is 2.68. The minimum Gasteiger partial charge on any atom is -0.389 e. The van der Waals surface area contributed by atoms with Crippen LogP contribution in [-0.4, -0.2) is 54.9 Å². The molecule has 0 aromatic carbocycles. The highest BCUT2D eigenvalue weighted by Gasteiger charge is 2.32. The number of carbonyl (C=O) groups is 1. The maximum Gasteiger partial charge on any atom is 0.257 e. The zero-order chi connectivity index (χ0) is 16.7. The molecular formula is C16H21N5O2. The molecule has 1 N–H and O–H groups in total. The van der Waals surface area contributed by atoms with Crippen molar-refractivity contribution in [1.29, 1.82) is 0 Å². The fourth-order valence-electron chi connectivity index (χ4n) is 2.68. The summed E-state index contributed by atoms with van der Waals surface area (Å²) in [4.78, 5) is 23.0. The number of aromatic nitrogens is 4. The van der Waals surface area contributed by atoms with Gasteiger partial charge in [-0.2, -0.15) is 5.10 Å². The van der Waals surface area contributed by atoms with E-state index in [-0.39, 0.29) is 11.8 Å². The van der Waals surface area contributed by atoms with Gasteiger partial charge in [-0.05, 0) is 25.8 Å². The first-order chi connectivity index (χ1) is 10.8. The summed E-state index contributed by atoms with van der Waals surface area (Å²) in [5.74, 6) is 0.467. The molecule has 3 heterocycles. The van der Waals surface area contributed by atoms with Gasteiger partial charge in [0.2, 0.25) is 0 Å². The van der Waals surface area contributed by atoms with Crippen LogP contribution >= 0.6 is 0 Å². The van der Waals surface area contributed by atoms with Crippen LogP contribution in [0.25, 0.3) is 5.95 Å². The quantitative estimate of drug-likeness (QED) is 0.920. The van der Waals surface area contributed by atoms with E-state index in [1.807, 2.05) is 33.8 Å². The van der Waals surface area contributed by atoms with Crippen LogP contribution in [0, 0.1) is 13.8 Å². The van der Waals surface area contributed by atoms with E-state index in [1.54, 1.807) is 15.8 Å². The van der Waals surface area contributed by atoms with E-state index in [0.29, 0.717) is 24.6 Å². The van der Waals surface area contributed by atoms with Crippen molar-refractivity contribution >= 4 is 5.91 Å². The lowest BCUT2D eigenvalue weighted by Gasteiger charge is -2.35. The van der Waals surface area contributed by atoms with Crippen molar-refractivity contribution < 1.29 is 9.90 Å². The Morgan fingerprint density at radius 2 is 1.87 bits per heavy atom. The Bertz CT molecular complexity index is 727. The Labute approximate surface area is 135 Å². The van der Waals surface area contributed by atoms with E-state index in [1.165, 1.54) is 0 Å². The lowest BCUT2D eigenvalue weighted by Crippen LogP contribution is -2.53. The third-order valence-electron chi connectivity index (χ3n) is 3.84. The van der Waals surface area contributed by atoms with Gasteiger partial charge in [0, 0.05) is 30.7 Å². The van der Waals surface area contributed by atoms with Crippen LogP contribution in [0.1, 0.15) is 47.2 Å². The summed E-state index contributed by atoms with van der Waals surface area (Å²) in [5.41, 5.74) is 2.98. The molecule has 0 saturated carbocycles. The van der Waals surface area contributed by atoms with Gasteiger partial charge in [0.1, 0.15) is 0 Å². The second kappa shape index (κ2) is 5.73. The van der Waals surface area contributed by atoms with E-state index in [4.69, 9.17) is 0 Å². The van der Waals surface area contributed by atoms with Crippen LogP contribution in [0.5, 0.6) is 0 Å². The maximum absolute atomic E-state index is 12.6. The molecule has 0 bridgehead atoms. The third-order valence-corrected chi connectivity index (χ3v) is 3.84. The van der Waals surface area contributed by atoms with Crippen LogP contribution < -0.4 is 0 Å². The minimum absolute atomic E-state index is 0.102. The number of carbonyl (C=O) groups excluding carboxylic acids is 1. The second-order valence-corrected chi connectivity index (χ2v) is 6.34. The van der Waals surface area contributed by atoms with Gasteiger partial charge >= 0.3 is 0 Å². The van der Waals surface area contributed by atoms with Gasteiger partial charge in [0.05, 0.1) is 17.4 Å². The first kappa shape index (κ1) is 15.6. The van der Waals surface area contributed by atoms with Crippen LogP contribution in [0.3, 0.4) is 0 Å². The lowest BCUT2D eigenvalue weighted by molar-refractivity contribution is 0.00580. The average molecular weight is 315 g/mol. The molecule has 7 nitrogen and oxygen atoms in total. The lowest BCUT2D eigenvalue weighted by atomic mass is 10.0. The third kappa shape index (κ3) is 2.96. The Kier molecular flexibility index (Phi) is 3.89. The SMILES string of the molecule is Cc1cc(C)nc(-n2cc(C(=O)N3CC(O)C3)c(C(C)C)n2)n1. The molecule has 1 amide bonds. The minimum atomic E-state index is -0.417. The van der Waals surface area contributed by atoms with Crippen molar-refractivity contribution in [3.63, 3.8) is 0 Å². The average Bonchev–Trinajstić information content (AvgIpc) is 2.87. The van der Waals surface area contributed by atoms with Crippen LogP contribution in [0.4, 0.5) is 0 Å². The molecule has 0 unspecified atom stereocenters. The fraction of sp³-hybridized carbons (Fsp3) is 0.500. The largest absolute Gasteiger partial charge is 0.389 e. The molecule has 2 aromatic rings. The Morgan fingerprint density at radius 1 is 1.26 bits per heavy atom. The van der Waals surface area contributed by atoms with Gasteiger partial charge < -0.3 is 10.0 Å². The van der Waals surface area contributed by atoms with Crippen LogP contribution in [0.15, 0.2) is 12.3 Å². The number of aliphatic hydroxyl groups is 1. The summed E-state index contributed by atoms with van der Waals surface area (Å²) in [6.07, 6.45) is 1.27. The zero-order valence-electron chi connectivity index (χ0n) is 13.8. The molecule has 0 atom stereocenters. The van der Waals surface area contributed by atoms with Gasteiger partial charge in [-0.25, -0.2) is 14.6 Å². The predicted octanol–water partition coefficient (Wildman–Crippen LogP) is 1.22. The smallest absolute Gasteiger partial charge is 0.257 e. The van der Waals surface area contributed by atoms with Crippen molar-refractivity contribution in [2.45, 2.75) is 39.7 Å².